The Morgan fingerprint density at radius 2 is 1.30 bits per heavy atom. The number of anilines is 2. The molecule has 0 aliphatic carbocycles. The van der Waals surface area contributed by atoms with E-state index in [4.69, 9.17) is 5.73 Å². The van der Waals surface area contributed by atoms with Gasteiger partial charge in [-0.25, -0.2) is 13.8 Å². The fraction of sp³-hybridized carbons (Fsp3) is 0.0667. The summed E-state index contributed by atoms with van der Waals surface area (Å²) in [6.45, 7) is 0. The molecule has 5 rings (SSSR count). The van der Waals surface area contributed by atoms with Gasteiger partial charge in [0.25, 0.3) is 0 Å². The minimum absolute atomic E-state index is 0.0261. The van der Waals surface area contributed by atoms with E-state index in [0.29, 0.717) is 15.7 Å². The van der Waals surface area contributed by atoms with Crippen LogP contribution in [-0.4, -0.2) is 10.9 Å². The number of halogens is 2. The average Bonchev–Trinajstić information content (AvgIpc) is 3.37. The molecule has 37 heavy (non-hydrogen) atoms. The predicted octanol–water partition coefficient (Wildman–Crippen LogP) is 6.58. The summed E-state index contributed by atoms with van der Waals surface area (Å²) in [7, 11) is 0. The molecule has 2 N–H and O–H groups in total. The van der Waals surface area contributed by atoms with Crippen molar-refractivity contribution < 1.29 is 13.6 Å². The lowest BCUT2D eigenvalue weighted by Crippen LogP contribution is -2.45. The first-order chi connectivity index (χ1) is 18.0. The van der Waals surface area contributed by atoms with Crippen molar-refractivity contribution >= 4 is 28.1 Å². The van der Waals surface area contributed by atoms with Crippen LogP contribution in [0.4, 0.5) is 19.6 Å². The summed E-state index contributed by atoms with van der Waals surface area (Å²) < 4.78 is 28.9. The second-order valence-corrected chi connectivity index (χ2v) is 9.59. The minimum Gasteiger partial charge on any atom is -0.369 e. The maximum atomic E-state index is 14.7. The van der Waals surface area contributed by atoms with E-state index in [-0.39, 0.29) is 6.42 Å². The highest BCUT2D eigenvalue weighted by atomic mass is 32.1. The summed E-state index contributed by atoms with van der Waals surface area (Å²) in [4.78, 5) is 18.9. The summed E-state index contributed by atoms with van der Waals surface area (Å²) in [6.07, 6.45) is 1.63. The molecular weight excluding hydrogens is 488 g/mol. The second-order valence-electron chi connectivity index (χ2n) is 8.49. The van der Waals surface area contributed by atoms with Crippen molar-refractivity contribution in [1.29, 1.82) is 0 Å². The molecule has 7 heteroatoms. The SMILES string of the molecule is NC(=O)Cc1cnc(N(c2ccc(F)c(F)c2)C(c2ccccc2)(c2ccccc2)c2ccccc2)s1. The Labute approximate surface area is 217 Å². The first kappa shape index (κ1) is 24.3. The zero-order chi connectivity index (χ0) is 25.8. The third kappa shape index (κ3) is 4.61. The van der Waals surface area contributed by atoms with Gasteiger partial charge in [0.15, 0.2) is 16.8 Å². The number of thiazole rings is 1. The van der Waals surface area contributed by atoms with Gasteiger partial charge in [-0.15, -0.1) is 11.3 Å². The number of nitrogens with zero attached hydrogens (tertiary/aromatic N) is 2. The van der Waals surface area contributed by atoms with Crippen molar-refractivity contribution in [2.24, 2.45) is 5.73 Å². The first-order valence-corrected chi connectivity index (χ1v) is 12.5. The molecule has 4 aromatic carbocycles. The van der Waals surface area contributed by atoms with Crippen molar-refractivity contribution in [3.8, 4) is 0 Å². The third-order valence-electron chi connectivity index (χ3n) is 6.15. The van der Waals surface area contributed by atoms with Crippen LogP contribution in [0.3, 0.4) is 0 Å². The van der Waals surface area contributed by atoms with Crippen molar-refractivity contribution in [2.75, 3.05) is 4.90 Å². The Morgan fingerprint density at radius 1 is 0.784 bits per heavy atom. The molecule has 0 fully saturated rings. The molecule has 0 aliphatic heterocycles. The monoisotopic (exact) mass is 511 g/mol. The van der Waals surface area contributed by atoms with Crippen LogP contribution in [0.1, 0.15) is 21.6 Å². The number of carbonyl (C=O) groups excluding carboxylic acids is 1. The van der Waals surface area contributed by atoms with Crippen molar-refractivity contribution in [3.63, 3.8) is 0 Å². The van der Waals surface area contributed by atoms with Crippen LogP contribution in [0.2, 0.25) is 0 Å². The van der Waals surface area contributed by atoms with Gasteiger partial charge >= 0.3 is 0 Å². The Bertz CT molecular complexity index is 1410. The third-order valence-corrected chi connectivity index (χ3v) is 7.14. The van der Waals surface area contributed by atoms with Crippen LogP contribution in [0.15, 0.2) is 115 Å². The fourth-order valence-corrected chi connectivity index (χ4v) is 5.64. The molecule has 0 saturated heterocycles. The van der Waals surface area contributed by atoms with Crippen molar-refractivity contribution in [1.82, 2.24) is 4.98 Å². The Morgan fingerprint density at radius 3 is 1.76 bits per heavy atom. The van der Waals surface area contributed by atoms with Gasteiger partial charge in [0.05, 0.1) is 6.42 Å². The Hall–Kier alpha value is -4.36. The number of carbonyl (C=O) groups is 1. The topological polar surface area (TPSA) is 59.2 Å². The van der Waals surface area contributed by atoms with Gasteiger partial charge in [-0.3, -0.25) is 9.69 Å². The second kappa shape index (κ2) is 10.3. The number of nitrogens with two attached hydrogens (primary N) is 1. The maximum Gasteiger partial charge on any atom is 0.222 e. The number of rotatable bonds is 8. The van der Waals surface area contributed by atoms with Crippen molar-refractivity contribution in [2.45, 2.75) is 12.0 Å². The van der Waals surface area contributed by atoms with Crippen molar-refractivity contribution in [3.05, 3.63) is 149 Å². The van der Waals surface area contributed by atoms with Gasteiger partial charge in [-0.2, -0.15) is 0 Å². The smallest absolute Gasteiger partial charge is 0.222 e. The molecule has 1 heterocycles. The van der Waals surface area contributed by atoms with E-state index in [0.717, 1.165) is 22.8 Å². The lowest BCUT2D eigenvalue weighted by Gasteiger charge is -2.45. The highest BCUT2D eigenvalue weighted by molar-refractivity contribution is 7.15. The summed E-state index contributed by atoms with van der Waals surface area (Å²) in [5.74, 6) is -2.39. The van der Waals surface area contributed by atoms with E-state index in [1.165, 1.54) is 23.5 Å². The van der Waals surface area contributed by atoms with Crippen LogP contribution >= 0.6 is 11.3 Å². The summed E-state index contributed by atoms with van der Waals surface area (Å²) in [5, 5.41) is 0.499. The predicted molar refractivity (Wildman–Crippen MR) is 143 cm³/mol. The number of hydrogen-bond donors (Lipinski definition) is 1. The normalized spacial score (nSPS) is 11.3. The van der Waals surface area contributed by atoms with Gasteiger partial charge in [0.2, 0.25) is 5.91 Å². The standard InChI is InChI=1S/C30H23F2N3OS/c31-26-17-16-24(18-27(26)32)35(29-34-20-25(37-29)19-28(33)36)30(21-10-4-1-5-11-21,22-12-6-2-7-13-22)23-14-8-3-9-15-23/h1-18,20H,19H2,(H2,33,36). The number of hydrogen-bond acceptors (Lipinski definition) is 4. The summed E-state index contributed by atoms with van der Waals surface area (Å²) >= 11 is 1.28. The number of amides is 1. The lowest BCUT2D eigenvalue weighted by molar-refractivity contribution is -0.117. The van der Waals surface area contributed by atoms with Crippen LogP contribution in [0.25, 0.3) is 0 Å². The molecule has 0 spiro atoms. The van der Waals surface area contributed by atoms with Crippen LogP contribution in [0.5, 0.6) is 0 Å². The van der Waals surface area contributed by atoms with E-state index in [1.54, 1.807) is 6.20 Å². The number of aromatic nitrogens is 1. The Balaban J connectivity index is 1.91. The maximum absolute atomic E-state index is 14.7. The molecule has 0 unspecified atom stereocenters. The van der Waals surface area contributed by atoms with E-state index in [1.807, 2.05) is 95.9 Å². The molecule has 184 valence electrons. The molecule has 0 bridgehead atoms. The highest BCUT2D eigenvalue weighted by Crippen LogP contribution is 2.49. The van der Waals surface area contributed by atoms with Gasteiger partial charge in [0.1, 0.15) is 5.54 Å². The minimum atomic E-state index is -1.03. The van der Waals surface area contributed by atoms with E-state index >= 15 is 0 Å². The molecule has 1 aromatic heterocycles. The average molecular weight is 512 g/mol. The Kier molecular flexibility index (Phi) is 6.79. The number of benzene rings is 4. The van der Waals surface area contributed by atoms with E-state index < -0.39 is 23.1 Å². The zero-order valence-corrected chi connectivity index (χ0v) is 20.5. The molecule has 0 atom stereocenters. The molecular formula is C30H23F2N3OS. The number of primary amides is 1. The quantitative estimate of drug-likeness (QED) is 0.240. The van der Waals surface area contributed by atoms with Crippen LogP contribution < -0.4 is 10.6 Å². The van der Waals surface area contributed by atoms with Crippen LogP contribution in [0, 0.1) is 11.6 Å². The summed E-state index contributed by atoms with van der Waals surface area (Å²) in [5.41, 5.74) is 7.50. The molecule has 0 saturated carbocycles. The summed E-state index contributed by atoms with van der Waals surface area (Å²) in [6, 6.07) is 33.3. The molecule has 5 aromatic rings. The van der Waals surface area contributed by atoms with Gasteiger partial charge in [-0.1, -0.05) is 91.0 Å². The molecule has 0 aliphatic rings. The molecule has 4 nitrogen and oxygen atoms in total. The van der Waals surface area contributed by atoms with Crippen LogP contribution in [-0.2, 0) is 16.8 Å². The fourth-order valence-electron chi connectivity index (χ4n) is 4.65. The van der Waals surface area contributed by atoms with E-state index in [9.17, 15) is 13.6 Å². The molecule has 1 amide bonds. The first-order valence-electron chi connectivity index (χ1n) is 11.6. The zero-order valence-electron chi connectivity index (χ0n) is 19.7. The van der Waals surface area contributed by atoms with Gasteiger partial charge in [-0.05, 0) is 28.8 Å². The van der Waals surface area contributed by atoms with E-state index in [2.05, 4.69) is 4.98 Å². The van der Waals surface area contributed by atoms with Gasteiger partial charge < -0.3 is 5.73 Å². The van der Waals surface area contributed by atoms with Gasteiger partial charge in [0, 0.05) is 22.8 Å². The largest absolute Gasteiger partial charge is 0.369 e. The lowest BCUT2D eigenvalue weighted by atomic mass is 9.75. The highest BCUT2D eigenvalue weighted by Gasteiger charge is 2.44. The molecule has 0 radical (unpaired) electrons.